The summed E-state index contributed by atoms with van der Waals surface area (Å²) in [6.07, 6.45) is 0.222. The van der Waals surface area contributed by atoms with Crippen LogP contribution in [-0.4, -0.2) is 86.4 Å². The fraction of sp³-hybridized carbons (Fsp3) is 0.351. The number of nitrogens with zero attached hydrogens (tertiary/aromatic N) is 3. The molecule has 0 radical (unpaired) electrons. The van der Waals surface area contributed by atoms with Crippen LogP contribution < -0.4 is 20.3 Å². The molecule has 13 nitrogen and oxygen atoms in total. The van der Waals surface area contributed by atoms with Gasteiger partial charge in [0.15, 0.2) is 0 Å². The molecule has 0 saturated carbocycles. The number of nitrogens with one attached hydrogen (secondary N) is 2. The zero-order valence-corrected chi connectivity index (χ0v) is 33.0. The van der Waals surface area contributed by atoms with E-state index in [1.165, 1.54) is 6.33 Å². The van der Waals surface area contributed by atoms with Gasteiger partial charge in [0.2, 0.25) is 0 Å². The molecule has 2 fully saturated rings. The van der Waals surface area contributed by atoms with Crippen molar-refractivity contribution in [2.45, 2.75) is 44.3 Å². The Labute approximate surface area is 319 Å². The van der Waals surface area contributed by atoms with Gasteiger partial charge < -0.3 is 0 Å². The minimum atomic E-state index is -2.37. The number of methoxy groups -OCH3 is 2. The first kappa shape index (κ1) is 37.5. The van der Waals surface area contributed by atoms with Crippen LogP contribution in [0.25, 0.3) is 11.2 Å². The van der Waals surface area contributed by atoms with Crippen LogP contribution in [0.3, 0.4) is 0 Å². The van der Waals surface area contributed by atoms with Gasteiger partial charge in [-0.2, -0.15) is 0 Å². The third-order valence-electron chi connectivity index (χ3n) is 9.17. The van der Waals surface area contributed by atoms with Crippen LogP contribution in [0.4, 0.5) is 5.95 Å². The number of hydrogen-bond acceptors (Lipinski definition) is 11. The molecule has 2 aromatic heterocycles. The van der Waals surface area contributed by atoms with E-state index in [0.717, 1.165) is 33.9 Å². The monoisotopic (exact) mass is 825 g/mol. The molecule has 53 heavy (non-hydrogen) atoms. The summed E-state index contributed by atoms with van der Waals surface area (Å²) in [5.41, 5.74) is -0.877. The molecule has 4 atom stereocenters. The topological polar surface area (TPSA) is 148 Å². The van der Waals surface area contributed by atoms with Crippen molar-refractivity contribution >= 4 is 55.6 Å². The fourth-order valence-corrected chi connectivity index (χ4v) is 12.4. The second-order valence-corrected chi connectivity index (χ2v) is 21.7. The Morgan fingerprint density at radius 2 is 1.68 bits per heavy atom. The zero-order valence-electron chi connectivity index (χ0n) is 29.6. The van der Waals surface area contributed by atoms with E-state index in [9.17, 15) is 9.59 Å². The summed E-state index contributed by atoms with van der Waals surface area (Å²) in [5.74, 6) is 1.69. The quantitative estimate of drug-likeness (QED) is 0.0816. The SMILES string of the molecule is COc1ccc(C(OC[C@H]2O[C@@H](n3cnc4c(=O)[nH]c(NC(=O)C(C)C)nc43)C[C@@H]2O[P+]2([Se-])OCCS2)(c2ccccc2)c2ccc(OC)cc2)cc1. The number of anilines is 1. The van der Waals surface area contributed by atoms with Gasteiger partial charge in [-0.3, -0.25) is 0 Å². The summed E-state index contributed by atoms with van der Waals surface area (Å²) in [6, 6.07) is 25.7. The number of H-pyrrole nitrogens is 1. The molecule has 5 aromatic rings. The number of aromatic amines is 1. The Hall–Kier alpha value is -3.78. The van der Waals surface area contributed by atoms with Crippen LogP contribution in [-0.2, 0) is 28.9 Å². The van der Waals surface area contributed by atoms with E-state index in [0.29, 0.717) is 13.0 Å². The number of rotatable bonds is 13. The Balaban J connectivity index is 1.27. The van der Waals surface area contributed by atoms with Gasteiger partial charge in [-0.1, -0.05) is 13.8 Å². The molecule has 7 rings (SSSR count). The van der Waals surface area contributed by atoms with Gasteiger partial charge in [0.25, 0.3) is 0 Å². The average Bonchev–Trinajstić information content (AvgIpc) is 3.91. The molecule has 0 spiro atoms. The molecule has 0 bridgehead atoms. The van der Waals surface area contributed by atoms with Crippen LogP contribution in [0, 0.1) is 5.92 Å². The molecule has 2 aliphatic heterocycles. The molecule has 278 valence electrons. The van der Waals surface area contributed by atoms with E-state index in [4.69, 9.17) is 28.0 Å². The molecule has 1 unspecified atom stereocenters. The summed E-state index contributed by atoms with van der Waals surface area (Å²) in [4.78, 5) is 37.1. The summed E-state index contributed by atoms with van der Waals surface area (Å²) in [7, 11) is 3.27. The third-order valence-corrected chi connectivity index (χ3v) is 16.1. The number of carbonyl (C=O) groups is 1. The summed E-state index contributed by atoms with van der Waals surface area (Å²) < 4.78 is 39.6. The van der Waals surface area contributed by atoms with E-state index in [-0.39, 0.29) is 35.5 Å². The van der Waals surface area contributed by atoms with Crippen LogP contribution in [0.5, 0.6) is 11.5 Å². The molecular weight excluding hydrogens is 784 g/mol. The maximum absolute atomic E-state index is 13.0. The summed E-state index contributed by atoms with van der Waals surface area (Å²) in [6.45, 7) is 4.20. The molecule has 3 aromatic carbocycles. The number of aromatic nitrogens is 4. The van der Waals surface area contributed by atoms with Crippen molar-refractivity contribution in [1.82, 2.24) is 19.5 Å². The van der Waals surface area contributed by atoms with E-state index in [1.54, 1.807) is 44.0 Å². The van der Waals surface area contributed by atoms with Gasteiger partial charge in [0.05, 0.1) is 14.2 Å². The summed E-state index contributed by atoms with van der Waals surface area (Å²) >= 11 is 4.83. The molecule has 0 aliphatic carbocycles. The minimum absolute atomic E-state index is 0.0315. The predicted molar refractivity (Wildman–Crippen MR) is 204 cm³/mol. The Morgan fingerprint density at radius 3 is 2.26 bits per heavy atom. The number of carbonyl (C=O) groups excluding carboxylic acids is 1. The molecule has 1 amide bonds. The number of imidazole rings is 1. The molecule has 4 heterocycles. The van der Waals surface area contributed by atoms with Gasteiger partial charge in [-0.05, 0) is 0 Å². The standard InChI is InChI=1S/C37H40N5O8PSSe/c1-23(2)34(43)40-36-39-33-32(35(44)41-36)38-22-42(33)31-20-29(50-51(53)48-18-19-52-51)30(49-31)21-47-37(24-8-6-5-7-9-24,25-10-14-27(45-3)15-11-25)26-12-16-28(46-4)17-13-26/h5-17,22-23,29-31H,18-21H2,1-4H3,(H2,39,40,41,43,44)/t29-,30+,31+,51?/m0/s1. The van der Waals surface area contributed by atoms with Gasteiger partial charge in [-0.25, -0.2) is 0 Å². The second-order valence-electron chi connectivity index (χ2n) is 12.8. The number of benzene rings is 3. The predicted octanol–water partition coefficient (Wildman–Crippen LogP) is 6.02. The number of amides is 1. The van der Waals surface area contributed by atoms with Gasteiger partial charge in [0, 0.05) is 0 Å². The normalized spacial score (nSPS) is 21.7. The molecule has 2 saturated heterocycles. The summed E-state index contributed by atoms with van der Waals surface area (Å²) in [5, 5.41) is 2.68. The van der Waals surface area contributed by atoms with Crippen molar-refractivity contribution in [2.75, 3.05) is 38.5 Å². The van der Waals surface area contributed by atoms with E-state index in [1.807, 2.05) is 78.9 Å². The first-order valence-electron chi connectivity index (χ1n) is 17.1. The zero-order chi connectivity index (χ0) is 37.2. The Kier molecular flexibility index (Phi) is 11.3. The van der Waals surface area contributed by atoms with Crippen LogP contribution >= 0.6 is 17.0 Å². The molecular formula is C37H40N5O8PSSe. The molecule has 2 aliphatic rings. The van der Waals surface area contributed by atoms with Crippen molar-refractivity contribution in [1.29, 1.82) is 0 Å². The van der Waals surface area contributed by atoms with Crippen LogP contribution in [0.2, 0.25) is 0 Å². The van der Waals surface area contributed by atoms with Crippen molar-refractivity contribution in [3.63, 3.8) is 0 Å². The number of ether oxygens (including phenoxy) is 4. The van der Waals surface area contributed by atoms with Crippen LogP contribution in [0.1, 0.15) is 43.2 Å². The van der Waals surface area contributed by atoms with Crippen molar-refractivity contribution < 1.29 is 32.8 Å². The Morgan fingerprint density at radius 1 is 1.04 bits per heavy atom. The van der Waals surface area contributed by atoms with Crippen molar-refractivity contribution in [3.05, 3.63) is 112 Å². The van der Waals surface area contributed by atoms with E-state index < -0.39 is 35.2 Å². The number of hydrogen-bond donors (Lipinski definition) is 2. The average molecular weight is 825 g/mol. The first-order valence-corrected chi connectivity index (χ1v) is 22.5. The molecule has 2 N–H and O–H groups in total. The van der Waals surface area contributed by atoms with Gasteiger partial charge >= 0.3 is 292 Å². The van der Waals surface area contributed by atoms with Crippen molar-refractivity contribution in [3.8, 4) is 11.5 Å². The third kappa shape index (κ3) is 7.76. The van der Waals surface area contributed by atoms with Crippen molar-refractivity contribution in [2.24, 2.45) is 5.92 Å². The van der Waals surface area contributed by atoms with Gasteiger partial charge in [0.1, 0.15) is 0 Å². The van der Waals surface area contributed by atoms with Crippen LogP contribution in [0.15, 0.2) is 90.0 Å². The van der Waals surface area contributed by atoms with E-state index >= 15 is 0 Å². The first-order chi connectivity index (χ1) is 25.6. The Bertz CT molecular complexity index is 2050. The maximum atomic E-state index is 13.0. The molecule has 16 heteroatoms. The fourth-order valence-electron chi connectivity index (χ4n) is 6.43. The van der Waals surface area contributed by atoms with Gasteiger partial charge in [-0.15, -0.1) is 0 Å². The second kappa shape index (κ2) is 15.9. The number of fused-ring (bicyclic) bond motifs is 1. The van der Waals surface area contributed by atoms with E-state index in [2.05, 4.69) is 35.8 Å².